The number of benzene rings is 2. The highest BCUT2D eigenvalue weighted by atomic mass is 16.3. The largest absolute Gasteiger partial charge is 0.372 e. The van der Waals surface area contributed by atoms with Crippen molar-refractivity contribution >= 4 is 5.91 Å². The lowest BCUT2D eigenvalue weighted by molar-refractivity contribution is -0.133. The number of carbonyl (C=O) groups excluding carboxylic acids is 1. The maximum absolute atomic E-state index is 11.9. The van der Waals surface area contributed by atoms with Crippen LogP contribution in [0.1, 0.15) is 22.3 Å². The molecule has 2 aromatic rings. The molecule has 0 aliphatic rings. The third-order valence-electron chi connectivity index (χ3n) is 3.46. The second-order valence-corrected chi connectivity index (χ2v) is 4.79. The van der Waals surface area contributed by atoms with Gasteiger partial charge in [0.15, 0.2) is 5.60 Å². The topological polar surface area (TPSA) is 89.3 Å². The molecule has 1 unspecified atom stereocenters. The van der Waals surface area contributed by atoms with E-state index in [4.69, 9.17) is 11.5 Å². The van der Waals surface area contributed by atoms with Crippen LogP contribution in [-0.2, 0) is 16.9 Å². The van der Waals surface area contributed by atoms with Crippen LogP contribution in [0.25, 0.3) is 0 Å². The van der Waals surface area contributed by atoms with Gasteiger partial charge in [-0.25, -0.2) is 0 Å². The van der Waals surface area contributed by atoms with Gasteiger partial charge in [0.2, 0.25) is 0 Å². The second kappa shape index (κ2) is 5.45. The highest BCUT2D eigenvalue weighted by Gasteiger charge is 2.39. The lowest BCUT2D eigenvalue weighted by atomic mass is 9.83. The Morgan fingerprint density at radius 2 is 1.85 bits per heavy atom. The van der Waals surface area contributed by atoms with Crippen molar-refractivity contribution < 1.29 is 9.90 Å². The molecule has 0 radical (unpaired) electrons. The van der Waals surface area contributed by atoms with Crippen molar-refractivity contribution in [1.29, 1.82) is 0 Å². The Morgan fingerprint density at radius 1 is 1.20 bits per heavy atom. The van der Waals surface area contributed by atoms with Crippen LogP contribution in [0.15, 0.2) is 48.5 Å². The monoisotopic (exact) mass is 270 g/mol. The average molecular weight is 270 g/mol. The molecular formula is C16H18N2O2. The average Bonchev–Trinajstić information content (AvgIpc) is 2.47. The Kier molecular flexibility index (Phi) is 3.88. The summed E-state index contributed by atoms with van der Waals surface area (Å²) < 4.78 is 0. The van der Waals surface area contributed by atoms with E-state index < -0.39 is 11.5 Å². The summed E-state index contributed by atoms with van der Waals surface area (Å²) in [6.45, 7) is 2.23. The lowest BCUT2D eigenvalue weighted by Gasteiger charge is -2.27. The van der Waals surface area contributed by atoms with Gasteiger partial charge in [0.05, 0.1) is 0 Å². The Bertz CT molecular complexity index is 626. The van der Waals surface area contributed by atoms with E-state index in [1.54, 1.807) is 36.4 Å². The molecule has 4 nitrogen and oxygen atoms in total. The first-order valence-corrected chi connectivity index (χ1v) is 6.38. The van der Waals surface area contributed by atoms with Crippen LogP contribution >= 0.6 is 0 Å². The summed E-state index contributed by atoms with van der Waals surface area (Å²) in [5.74, 6) is -0.799. The summed E-state index contributed by atoms with van der Waals surface area (Å²) in [5, 5.41) is 10.9. The van der Waals surface area contributed by atoms with Crippen LogP contribution in [0.2, 0.25) is 0 Å². The van der Waals surface area contributed by atoms with E-state index in [0.717, 1.165) is 11.1 Å². The van der Waals surface area contributed by atoms with Crippen molar-refractivity contribution in [1.82, 2.24) is 0 Å². The molecule has 5 N–H and O–H groups in total. The summed E-state index contributed by atoms with van der Waals surface area (Å²) in [5.41, 5.74) is 11.9. The van der Waals surface area contributed by atoms with Gasteiger partial charge in [-0.05, 0) is 23.6 Å². The number of primary amides is 1. The van der Waals surface area contributed by atoms with E-state index in [1.165, 1.54) is 0 Å². The molecule has 0 fully saturated rings. The first kappa shape index (κ1) is 14.2. The van der Waals surface area contributed by atoms with Crippen molar-refractivity contribution in [2.45, 2.75) is 19.1 Å². The fraction of sp³-hybridized carbons (Fsp3) is 0.188. The number of aliphatic hydroxyl groups is 1. The fourth-order valence-electron chi connectivity index (χ4n) is 2.37. The molecule has 20 heavy (non-hydrogen) atoms. The van der Waals surface area contributed by atoms with Crippen molar-refractivity contribution in [2.24, 2.45) is 11.5 Å². The molecule has 2 aromatic carbocycles. The SMILES string of the molecule is Cc1cc(CN)ccc1C(O)(C(N)=O)c1ccccc1. The predicted octanol–water partition coefficient (Wildman–Crippen LogP) is 1.17. The van der Waals surface area contributed by atoms with Crippen LogP contribution in [0.5, 0.6) is 0 Å². The highest BCUT2D eigenvalue weighted by Crippen LogP contribution is 2.32. The van der Waals surface area contributed by atoms with Gasteiger partial charge in [-0.15, -0.1) is 0 Å². The number of rotatable bonds is 4. The van der Waals surface area contributed by atoms with Gasteiger partial charge in [-0.2, -0.15) is 0 Å². The van der Waals surface area contributed by atoms with Gasteiger partial charge in [0.25, 0.3) is 5.91 Å². The molecular weight excluding hydrogens is 252 g/mol. The number of carbonyl (C=O) groups is 1. The van der Waals surface area contributed by atoms with Crippen LogP contribution in [-0.4, -0.2) is 11.0 Å². The molecule has 4 heteroatoms. The molecule has 1 amide bonds. The highest BCUT2D eigenvalue weighted by molar-refractivity contribution is 5.89. The minimum atomic E-state index is -1.83. The van der Waals surface area contributed by atoms with E-state index in [9.17, 15) is 9.90 Å². The number of hydrogen-bond donors (Lipinski definition) is 3. The number of aryl methyl sites for hydroxylation is 1. The Labute approximate surface area is 118 Å². The maximum atomic E-state index is 11.9. The molecule has 0 aliphatic heterocycles. The van der Waals surface area contributed by atoms with Gasteiger partial charge in [0, 0.05) is 12.1 Å². The van der Waals surface area contributed by atoms with E-state index >= 15 is 0 Å². The van der Waals surface area contributed by atoms with Crippen LogP contribution in [0.3, 0.4) is 0 Å². The molecule has 0 heterocycles. The zero-order valence-corrected chi connectivity index (χ0v) is 11.3. The molecule has 0 spiro atoms. The van der Waals surface area contributed by atoms with Crippen molar-refractivity contribution in [3.63, 3.8) is 0 Å². The molecule has 2 rings (SSSR count). The first-order chi connectivity index (χ1) is 9.50. The van der Waals surface area contributed by atoms with Gasteiger partial charge in [-0.1, -0.05) is 48.5 Å². The predicted molar refractivity (Wildman–Crippen MR) is 77.7 cm³/mol. The third kappa shape index (κ3) is 2.31. The Balaban J connectivity index is 2.63. The molecule has 104 valence electrons. The van der Waals surface area contributed by atoms with Gasteiger partial charge in [-0.3, -0.25) is 4.79 Å². The lowest BCUT2D eigenvalue weighted by Crippen LogP contribution is -2.42. The Hall–Kier alpha value is -2.17. The summed E-state index contributed by atoms with van der Waals surface area (Å²) in [7, 11) is 0. The summed E-state index contributed by atoms with van der Waals surface area (Å²) >= 11 is 0. The Morgan fingerprint density at radius 3 is 2.35 bits per heavy atom. The first-order valence-electron chi connectivity index (χ1n) is 6.38. The van der Waals surface area contributed by atoms with E-state index in [-0.39, 0.29) is 0 Å². The maximum Gasteiger partial charge on any atom is 0.258 e. The number of hydrogen-bond acceptors (Lipinski definition) is 3. The molecule has 0 saturated carbocycles. The third-order valence-corrected chi connectivity index (χ3v) is 3.46. The second-order valence-electron chi connectivity index (χ2n) is 4.79. The molecule has 1 atom stereocenters. The van der Waals surface area contributed by atoms with Crippen LogP contribution < -0.4 is 11.5 Å². The van der Waals surface area contributed by atoms with Crippen molar-refractivity contribution in [3.05, 3.63) is 70.8 Å². The standard InChI is InChI=1S/C16H18N2O2/c1-11-9-12(10-17)7-8-14(11)16(20,15(18)19)13-5-3-2-4-6-13/h2-9,20H,10,17H2,1H3,(H2,18,19). The molecule has 0 aromatic heterocycles. The van der Waals surface area contributed by atoms with Crippen LogP contribution in [0, 0.1) is 6.92 Å². The van der Waals surface area contributed by atoms with Gasteiger partial charge < -0.3 is 16.6 Å². The number of nitrogens with two attached hydrogens (primary N) is 2. The summed E-state index contributed by atoms with van der Waals surface area (Å²) in [6, 6.07) is 14.0. The minimum Gasteiger partial charge on any atom is -0.372 e. The zero-order valence-electron chi connectivity index (χ0n) is 11.3. The van der Waals surface area contributed by atoms with Crippen LogP contribution in [0.4, 0.5) is 0 Å². The summed E-state index contributed by atoms with van der Waals surface area (Å²) in [6.07, 6.45) is 0. The molecule has 0 aliphatic carbocycles. The van der Waals surface area contributed by atoms with Crippen molar-refractivity contribution in [3.8, 4) is 0 Å². The van der Waals surface area contributed by atoms with Gasteiger partial charge >= 0.3 is 0 Å². The van der Waals surface area contributed by atoms with Crippen molar-refractivity contribution in [2.75, 3.05) is 0 Å². The number of amides is 1. The van der Waals surface area contributed by atoms with E-state index in [1.807, 2.05) is 19.1 Å². The quantitative estimate of drug-likeness (QED) is 0.779. The van der Waals surface area contributed by atoms with E-state index in [2.05, 4.69) is 0 Å². The molecule has 0 bridgehead atoms. The smallest absolute Gasteiger partial charge is 0.258 e. The fourth-order valence-corrected chi connectivity index (χ4v) is 2.37. The van der Waals surface area contributed by atoms with Gasteiger partial charge in [0.1, 0.15) is 0 Å². The normalized spacial score (nSPS) is 13.8. The molecule has 0 saturated heterocycles. The summed E-state index contributed by atoms with van der Waals surface area (Å²) in [4.78, 5) is 11.9. The minimum absolute atomic E-state index is 0.404. The zero-order chi connectivity index (χ0) is 14.8. The van der Waals surface area contributed by atoms with E-state index in [0.29, 0.717) is 17.7 Å².